The summed E-state index contributed by atoms with van der Waals surface area (Å²) in [4.78, 5) is 37.0. The number of nitrogens with one attached hydrogen (secondary N) is 2. The lowest BCUT2D eigenvalue weighted by Crippen LogP contribution is -2.48. The number of ether oxygens (including phenoxy) is 1. The number of aromatic carboxylic acids is 1. The Hall–Kier alpha value is -4.23. The van der Waals surface area contributed by atoms with Crippen LogP contribution in [-0.2, 0) is 4.79 Å². The van der Waals surface area contributed by atoms with Crippen LogP contribution in [0.4, 0.5) is 20.2 Å². The van der Waals surface area contributed by atoms with E-state index in [-0.39, 0.29) is 74.4 Å². The summed E-state index contributed by atoms with van der Waals surface area (Å²) < 4.78 is 37.3. The highest BCUT2D eigenvalue weighted by atomic mass is 19.1. The van der Waals surface area contributed by atoms with Crippen LogP contribution in [0.25, 0.3) is 10.9 Å². The third-order valence-electron chi connectivity index (χ3n) is 7.86. The lowest BCUT2D eigenvalue weighted by Gasteiger charge is -2.39. The monoisotopic (exact) mass is 600 g/mol. The van der Waals surface area contributed by atoms with E-state index in [1.165, 1.54) is 25.3 Å². The maximum absolute atomic E-state index is 15.3. The summed E-state index contributed by atoms with van der Waals surface area (Å²) in [7, 11) is 0. The van der Waals surface area contributed by atoms with E-state index in [0.29, 0.717) is 11.2 Å². The fourth-order valence-corrected chi connectivity index (χ4v) is 5.23. The van der Waals surface area contributed by atoms with Gasteiger partial charge < -0.3 is 40.2 Å². The molecule has 5 N–H and O–H groups in total. The summed E-state index contributed by atoms with van der Waals surface area (Å²) in [6.07, 6.45) is 2.57. The zero-order chi connectivity index (χ0) is 30.9. The number of aromatic nitrogens is 1. The van der Waals surface area contributed by atoms with Crippen molar-refractivity contribution < 1.29 is 38.4 Å². The summed E-state index contributed by atoms with van der Waals surface area (Å²) in [5, 5.41) is 35.9. The van der Waals surface area contributed by atoms with Crippen molar-refractivity contribution in [2.45, 2.75) is 50.4 Å². The van der Waals surface area contributed by atoms with Crippen LogP contribution in [0, 0.1) is 11.6 Å². The average molecular weight is 601 g/mol. The molecule has 2 heterocycles. The van der Waals surface area contributed by atoms with E-state index in [1.807, 2.05) is 0 Å². The molecule has 1 aromatic heterocycles. The SMILES string of the molecule is CC(=O)NC[C@H](O)CNc1ccc(OCC2(O)CCN(c3cc4c(cc3F)c(=O)c(C(=O)O)cn4C3CC3)CC2)c(F)c1. The Morgan fingerprint density at radius 3 is 2.47 bits per heavy atom. The molecule has 1 saturated heterocycles. The molecule has 11 nitrogen and oxygen atoms in total. The molecule has 13 heteroatoms. The van der Waals surface area contributed by atoms with Crippen molar-refractivity contribution in [3.8, 4) is 5.75 Å². The molecule has 2 aromatic carbocycles. The topological polar surface area (TPSA) is 153 Å². The number of pyridine rings is 1. The van der Waals surface area contributed by atoms with Crippen LogP contribution in [0.1, 0.15) is 49.0 Å². The number of carboxylic acid groups (broad SMARTS) is 1. The molecule has 43 heavy (non-hydrogen) atoms. The first kappa shape index (κ1) is 30.2. The zero-order valence-corrected chi connectivity index (χ0v) is 23.6. The molecule has 1 saturated carbocycles. The van der Waals surface area contributed by atoms with E-state index in [9.17, 15) is 34.1 Å². The second kappa shape index (κ2) is 12.2. The molecule has 1 aliphatic carbocycles. The highest BCUT2D eigenvalue weighted by molar-refractivity contribution is 5.93. The summed E-state index contributed by atoms with van der Waals surface area (Å²) in [6.45, 7) is 1.86. The van der Waals surface area contributed by atoms with Crippen molar-refractivity contribution in [3.05, 3.63) is 63.9 Å². The Balaban J connectivity index is 1.21. The van der Waals surface area contributed by atoms with E-state index < -0.39 is 40.3 Å². The van der Waals surface area contributed by atoms with Crippen LogP contribution in [-0.4, -0.2) is 76.3 Å². The number of rotatable bonds is 11. The van der Waals surface area contributed by atoms with Gasteiger partial charge in [0.2, 0.25) is 11.3 Å². The van der Waals surface area contributed by atoms with E-state index in [1.54, 1.807) is 21.6 Å². The minimum absolute atomic E-state index is 0.0133. The van der Waals surface area contributed by atoms with Crippen molar-refractivity contribution in [1.82, 2.24) is 9.88 Å². The minimum atomic E-state index is -1.36. The summed E-state index contributed by atoms with van der Waals surface area (Å²) >= 11 is 0. The molecule has 1 atom stereocenters. The van der Waals surface area contributed by atoms with Crippen LogP contribution in [0.2, 0.25) is 0 Å². The van der Waals surface area contributed by atoms with Crippen molar-refractivity contribution in [1.29, 1.82) is 0 Å². The predicted molar refractivity (Wildman–Crippen MR) is 155 cm³/mol. The largest absolute Gasteiger partial charge is 0.488 e. The Morgan fingerprint density at radius 1 is 1.12 bits per heavy atom. The van der Waals surface area contributed by atoms with Gasteiger partial charge in [0.1, 0.15) is 23.6 Å². The highest BCUT2D eigenvalue weighted by Gasteiger charge is 2.35. The van der Waals surface area contributed by atoms with Crippen molar-refractivity contribution >= 4 is 34.2 Å². The Morgan fingerprint density at radius 2 is 1.84 bits per heavy atom. The van der Waals surface area contributed by atoms with Gasteiger partial charge >= 0.3 is 5.97 Å². The molecular weight excluding hydrogens is 566 g/mol. The maximum atomic E-state index is 15.3. The first-order chi connectivity index (χ1) is 20.4. The van der Waals surface area contributed by atoms with Gasteiger partial charge in [0.15, 0.2) is 11.6 Å². The molecule has 3 aromatic rings. The molecule has 0 spiro atoms. The van der Waals surface area contributed by atoms with Crippen LogP contribution < -0.4 is 25.7 Å². The van der Waals surface area contributed by atoms with Gasteiger partial charge in [-0.25, -0.2) is 13.6 Å². The number of piperidine rings is 1. The van der Waals surface area contributed by atoms with E-state index >= 15 is 4.39 Å². The van der Waals surface area contributed by atoms with Gasteiger partial charge in [-0.05, 0) is 49.9 Å². The van der Waals surface area contributed by atoms with Gasteiger partial charge in [-0.2, -0.15) is 0 Å². The number of nitrogens with zero attached hydrogens (tertiary/aromatic N) is 2. The zero-order valence-electron chi connectivity index (χ0n) is 23.6. The van der Waals surface area contributed by atoms with Crippen LogP contribution in [0.15, 0.2) is 41.3 Å². The molecule has 0 radical (unpaired) electrons. The second-order valence-corrected chi connectivity index (χ2v) is 11.3. The third-order valence-corrected chi connectivity index (χ3v) is 7.86. The summed E-state index contributed by atoms with van der Waals surface area (Å²) in [5.74, 6) is -2.99. The van der Waals surface area contributed by atoms with E-state index in [4.69, 9.17) is 4.74 Å². The Bertz CT molecular complexity index is 1600. The number of hydrogen-bond donors (Lipinski definition) is 5. The van der Waals surface area contributed by atoms with Crippen molar-refractivity contribution in [2.75, 3.05) is 43.0 Å². The number of aliphatic hydroxyl groups is 2. The number of fused-ring (bicyclic) bond motifs is 1. The molecule has 2 fully saturated rings. The summed E-state index contributed by atoms with van der Waals surface area (Å²) in [5.41, 5.74) is -1.28. The lowest BCUT2D eigenvalue weighted by atomic mass is 9.92. The molecule has 0 bridgehead atoms. The minimum Gasteiger partial charge on any atom is -0.488 e. The van der Waals surface area contributed by atoms with Gasteiger partial charge in [-0.1, -0.05) is 0 Å². The number of anilines is 2. The molecule has 5 rings (SSSR count). The molecular formula is C30H34F2N4O7. The predicted octanol–water partition coefficient (Wildman–Crippen LogP) is 2.63. The van der Waals surface area contributed by atoms with E-state index in [0.717, 1.165) is 18.9 Å². The third kappa shape index (κ3) is 6.89. The van der Waals surface area contributed by atoms with E-state index in [2.05, 4.69) is 10.6 Å². The number of amides is 1. The molecule has 1 amide bonds. The quantitative estimate of drug-likeness (QED) is 0.224. The summed E-state index contributed by atoms with van der Waals surface area (Å²) in [6, 6.07) is 6.90. The van der Waals surface area contributed by atoms with Gasteiger partial charge in [0.05, 0.1) is 17.3 Å². The maximum Gasteiger partial charge on any atom is 0.341 e. The number of carbonyl (C=O) groups is 2. The van der Waals surface area contributed by atoms with Crippen molar-refractivity contribution in [3.63, 3.8) is 0 Å². The number of hydrogen-bond acceptors (Lipinski definition) is 8. The molecule has 1 aliphatic heterocycles. The lowest BCUT2D eigenvalue weighted by molar-refractivity contribution is -0.119. The molecule has 2 aliphatic rings. The number of carbonyl (C=O) groups excluding carboxylic acids is 1. The number of benzene rings is 2. The van der Waals surface area contributed by atoms with Crippen LogP contribution in [0.5, 0.6) is 5.75 Å². The fourth-order valence-electron chi connectivity index (χ4n) is 5.23. The van der Waals surface area contributed by atoms with Gasteiger partial charge in [-0.3, -0.25) is 9.59 Å². The second-order valence-electron chi connectivity index (χ2n) is 11.3. The van der Waals surface area contributed by atoms with Gasteiger partial charge in [0, 0.05) is 62.5 Å². The first-order valence-electron chi connectivity index (χ1n) is 14.1. The van der Waals surface area contributed by atoms with Gasteiger partial charge in [-0.15, -0.1) is 0 Å². The molecule has 230 valence electrons. The first-order valence-corrected chi connectivity index (χ1v) is 14.1. The Labute approximate surface area is 245 Å². The fraction of sp³-hybridized carbons (Fsp3) is 0.433. The average Bonchev–Trinajstić information content (AvgIpc) is 3.81. The highest BCUT2D eigenvalue weighted by Crippen LogP contribution is 2.39. The van der Waals surface area contributed by atoms with Crippen LogP contribution >= 0.6 is 0 Å². The number of carboxylic acids is 1. The smallest absolute Gasteiger partial charge is 0.341 e. The Kier molecular flexibility index (Phi) is 8.56. The molecule has 0 unspecified atom stereocenters. The van der Waals surface area contributed by atoms with Gasteiger partial charge in [0.25, 0.3) is 0 Å². The normalized spacial score (nSPS) is 17.0. The van der Waals surface area contributed by atoms with Crippen LogP contribution in [0.3, 0.4) is 0 Å². The number of aliphatic hydroxyl groups excluding tert-OH is 1. The van der Waals surface area contributed by atoms with Crippen molar-refractivity contribution in [2.24, 2.45) is 0 Å². The standard InChI is InChI=1S/C30H34F2N4O7/c1-17(37)33-13-20(38)14-34-18-2-5-27(24(32)10-18)43-16-30(42)6-8-35(9-7-30)26-12-25-21(11-23(26)31)28(39)22(29(40)41)15-36(25)19-3-4-19/h2,5,10-12,15,19-20,34,38,42H,3-4,6-9,13-14,16H2,1H3,(H,33,37)(H,40,41)/t20-/m0/s1. The number of halogens is 2.